The molecule has 0 spiro atoms. The fourth-order valence-corrected chi connectivity index (χ4v) is 2.09. The van der Waals surface area contributed by atoms with Gasteiger partial charge in [-0.15, -0.1) is 0 Å². The molecular formula is C15H14BrNO. The van der Waals surface area contributed by atoms with Crippen molar-refractivity contribution in [2.45, 2.75) is 13.5 Å². The molecule has 2 rings (SSSR count). The van der Waals surface area contributed by atoms with Crippen molar-refractivity contribution in [3.8, 4) is 0 Å². The Balaban J connectivity index is 2.02. The van der Waals surface area contributed by atoms with Gasteiger partial charge in [-0.1, -0.05) is 34.1 Å². The number of carbonyl (C=O) groups is 1. The molecule has 2 aromatic rings. The van der Waals surface area contributed by atoms with Gasteiger partial charge in [0.15, 0.2) is 5.78 Å². The summed E-state index contributed by atoms with van der Waals surface area (Å²) in [5.41, 5.74) is 2.95. The van der Waals surface area contributed by atoms with Crippen molar-refractivity contribution < 1.29 is 4.79 Å². The topological polar surface area (TPSA) is 29.1 Å². The average Bonchev–Trinajstić information content (AvgIpc) is 2.38. The van der Waals surface area contributed by atoms with Gasteiger partial charge < -0.3 is 5.32 Å². The third-order valence-corrected chi connectivity index (χ3v) is 3.51. The minimum absolute atomic E-state index is 0.0901. The molecule has 1 N–H and O–H groups in total. The molecule has 0 atom stereocenters. The van der Waals surface area contributed by atoms with E-state index < -0.39 is 0 Å². The molecule has 0 radical (unpaired) electrons. The lowest BCUT2D eigenvalue weighted by Crippen LogP contribution is -2.00. The van der Waals surface area contributed by atoms with Gasteiger partial charge in [0.25, 0.3) is 0 Å². The first-order valence-electron chi connectivity index (χ1n) is 5.75. The van der Waals surface area contributed by atoms with E-state index in [0.717, 1.165) is 22.3 Å². The van der Waals surface area contributed by atoms with Gasteiger partial charge in [0.05, 0.1) is 0 Å². The Morgan fingerprint density at radius 3 is 2.39 bits per heavy atom. The zero-order valence-electron chi connectivity index (χ0n) is 10.1. The predicted molar refractivity (Wildman–Crippen MR) is 77.9 cm³/mol. The second-order valence-corrected chi connectivity index (χ2v) is 4.93. The van der Waals surface area contributed by atoms with E-state index in [4.69, 9.17) is 0 Å². The highest BCUT2D eigenvalue weighted by Gasteiger charge is 2.00. The van der Waals surface area contributed by atoms with Crippen molar-refractivity contribution in [2.24, 2.45) is 0 Å². The minimum atomic E-state index is 0.0901. The van der Waals surface area contributed by atoms with Gasteiger partial charge in [-0.05, 0) is 42.8 Å². The van der Waals surface area contributed by atoms with Crippen molar-refractivity contribution in [1.29, 1.82) is 0 Å². The highest BCUT2D eigenvalue weighted by molar-refractivity contribution is 9.10. The van der Waals surface area contributed by atoms with Crippen molar-refractivity contribution in [2.75, 3.05) is 5.32 Å². The molecular weight excluding hydrogens is 290 g/mol. The van der Waals surface area contributed by atoms with Crippen LogP contribution in [0.15, 0.2) is 53.0 Å². The van der Waals surface area contributed by atoms with Gasteiger partial charge in [0.2, 0.25) is 0 Å². The number of halogens is 1. The normalized spacial score (nSPS) is 10.1. The molecule has 0 aliphatic heterocycles. The summed E-state index contributed by atoms with van der Waals surface area (Å²) >= 11 is 3.52. The molecule has 0 saturated heterocycles. The molecule has 2 nitrogen and oxygen atoms in total. The van der Waals surface area contributed by atoms with Gasteiger partial charge in [-0.25, -0.2) is 0 Å². The molecule has 2 aromatic carbocycles. The van der Waals surface area contributed by atoms with Gasteiger partial charge >= 0.3 is 0 Å². The third-order valence-electron chi connectivity index (χ3n) is 2.73. The van der Waals surface area contributed by atoms with E-state index in [0.29, 0.717) is 0 Å². The molecule has 0 saturated carbocycles. The predicted octanol–water partition coefficient (Wildman–Crippen LogP) is 4.26. The summed E-state index contributed by atoms with van der Waals surface area (Å²) in [5, 5.41) is 3.33. The largest absolute Gasteiger partial charge is 0.381 e. The Morgan fingerprint density at radius 2 is 1.78 bits per heavy atom. The molecule has 0 bridgehead atoms. The van der Waals surface area contributed by atoms with Gasteiger partial charge in [0, 0.05) is 22.3 Å². The number of nitrogens with one attached hydrogen (secondary N) is 1. The molecule has 3 heteroatoms. The van der Waals surface area contributed by atoms with E-state index in [1.54, 1.807) is 6.92 Å². The lowest BCUT2D eigenvalue weighted by Gasteiger charge is -2.08. The van der Waals surface area contributed by atoms with Crippen LogP contribution in [0, 0.1) is 0 Å². The maximum Gasteiger partial charge on any atom is 0.159 e. The summed E-state index contributed by atoms with van der Waals surface area (Å²) in [7, 11) is 0. The molecule has 0 amide bonds. The zero-order chi connectivity index (χ0) is 13.0. The van der Waals surface area contributed by atoms with Crippen LogP contribution in [0.2, 0.25) is 0 Å². The van der Waals surface area contributed by atoms with Crippen molar-refractivity contribution in [1.82, 2.24) is 0 Å². The number of rotatable bonds is 4. The van der Waals surface area contributed by atoms with Gasteiger partial charge in [-0.3, -0.25) is 4.79 Å². The first-order valence-corrected chi connectivity index (χ1v) is 6.54. The number of hydrogen-bond donors (Lipinski definition) is 1. The molecule has 0 heterocycles. The molecule has 0 aliphatic rings. The first kappa shape index (κ1) is 12.8. The van der Waals surface area contributed by atoms with Crippen molar-refractivity contribution >= 4 is 27.4 Å². The molecule has 0 unspecified atom stereocenters. The number of hydrogen-bond acceptors (Lipinski definition) is 2. The summed E-state index contributed by atoms with van der Waals surface area (Å²) in [6.45, 7) is 2.32. The fraction of sp³-hybridized carbons (Fsp3) is 0.133. The average molecular weight is 304 g/mol. The monoisotopic (exact) mass is 303 g/mol. The summed E-state index contributed by atoms with van der Waals surface area (Å²) in [6.07, 6.45) is 0. The minimum Gasteiger partial charge on any atom is -0.381 e. The maximum absolute atomic E-state index is 11.2. The standard InChI is InChI=1S/C15H14BrNO/c1-11(18)12-6-8-14(9-7-12)17-10-13-4-2-3-5-15(13)16/h2-9,17H,10H2,1H3. The molecule has 0 aromatic heterocycles. The SMILES string of the molecule is CC(=O)c1ccc(NCc2ccccc2Br)cc1. The zero-order valence-corrected chi connectivity index (χ0v) is 11.7. The summed E-state index contributed by atoms with van der Waals surface area (Å²) in [4.78, 5) is 11.2. The first-order chi connectivity index (χ1) is 8.66. The van der Waals surface area contributed by atoms with Crippen LogP contribution in [0.25, 0.3) is 0 Å². The van der Waals surface area contributed by atoms with Crippen LogP contribution in [0.4, 0.5) is 5.69 Å². The van der Waals surface area contributed by atoms with Crippen LogP contribution < -0.4 is 5.32 Å². The summed E-state index contributed by atoms with van der Waals surface area (Å²) < 4.78 is 1.10. The Hall–Kier alpha value is -1.61. The molecule has 0 aliphatic carbocycles. The lowest BCUT2D eigenvalue weighted by molar-refractivity contribution is 0.101. The fourth-order valence-electron chi connectivity index (χ4n) is 1.66. The van der Waals surface area contributed by atoms with Gasteiger partial charge in [0.1, 0.15) is 0 Å². The van der Waals surface area contributed by atoms with E-state index in [1.807, 2.05) is 42.5 Å². The Bertz CT molecular complexity index is 549. The van der Waals surface area contributed by atoms with E-state index in [9.17, 15) is 4.79 Å². The van der Waals surface area contributed by atoms with Crippen LogP contribution in [-0.2, 0) is 6.54 Å². The molecule has 92 valence electrons. The number of carbonyl (C=O) groups excluding carboxylic acids is 1. The summed E-state index contributed by atoms with van der Waals surface area (Å²) in [6, 6.07) is 15.6. The molecule has 18 heavy (non-hydrogen) atoms. The Kier molecular flexibility index (Phi) is 4.15. The smallest absolute Gasteiger partial charge is 0.159 e. The van der Waals surface area contributed by atoms with Crippen LogP contribution in [0.3, 0.4) is 0 Å². The van der Waals surface area contributed by atoms with E-state index in [2.05, 4.69) is 27.3 Å². The van der Waals surface area contributed by atoms with Crippen LogP contribution in [0.5, 0.6) is 0 Å². The maximum atomic E-state index is 11.2. The third kappa shape index (κ3) is 3.20. The Labute approximate surface area is 115 Å². The lowest BCUT2D eigenvalue weighted by atomic mass is 10.1. The second kappa shape index (κ2) is 5.83. The van der Waals surface area contributed by atoms with Crippen molar-refractivity contribution in [3.05, 3.63) is 64.1 Å². The van der Waals surface area contributed by atoms with Gasteiger partial charge in [-0.2, -0.15) is 0 Å². The van der Waals surface area contributed by atoms with Crippen LogP contribution >= 0.6 is 15.9 Å². The Morgan fingerprint density at radius 1 is 1.11 bits per heavy atom. The van der Waals surface area contributed by atoms with Crippen LogP contribution in [0.1, 0.15) is 22.8 Å². The number of anilines is 1. The van der Waals surface area contributed by atoms with Crippen molar-refractivity contribution in [3.63, 3.8) is 0 Å². The quantitative estimate of drug-likeness (QED) is 0.855. The van der Waals surface area contributed by atoms with E-state index in [-0.39, 0.29) is 5.78 Å². The number of benzene rings is 2. The van der Waals surface area contributed by atoms with E-state index >= 15 is 0 Å². The highest BCUT2D eigenvalue weighted by atomic mass is 79.9. The molecule has 0 fully saturated rings. The van der Waals surface area contributed by atoms with E-state index in [1.165, 1.54) is 5.56 Å². The second-order valence-electron chi connectivity index (χ2n) is 4.08. The highest BCUT2D eigenvalue weighted by Crippen LogP contribution is 2.18. The summed E-state index contributed by atoms with van der Waals surface area (Å²) in [5.74, 6) is 0.0901. The van der Waals surface area contributed by atoms with Crippen LogP contribution in [-0.4, -0.2) is 5.78 Å². The number of ketones is 1. The number of Topliss-reactive ketones (excluding diaryl/α,β-unsaturated/α-hetero) is 1.